The van der Waals surface area contributed by atoms with E-state index in [1.807, 2.05) is 25.0 Å². The Labute approximate surface area is 156 Å². The summed E-state index contributed by atoms with van der Waals surface area (Å²) in [6, 6.07) is 8.80. The van der Waals surface area contributed by atoms with E-state index in [4.69, 9.17) is 0 Å². The van der Waals surface area contributed by atoms with Crippen LogP contribution in [0.1, 0.15) is 29.0 Å². The minimum absolute atomic E-state index is 0.535. The molecule has 0 amide bonds. The standard InChI is InChI=1S/C20H30N6/c1-21-20(22-11-16-5-7-17(8-6-16)13-24(2)3)26-10-9-18(15-26)19-12-23-25(4)14-19/h5-8,12,14,18H,9-11,13,15H2,1-4H3,(H,21,22). The Morgan fingerprint density at radius 2 is 2.00 bits per heavy atom. The molecule has 6 heteroatoms. The first-order valence-corrected chi connectivity index (χ1v) is 9.22. The summed E-state index contributed by atoms with van der Waals surface area (Å²) in [6.07, 6.45) is 5.25. The van der Waals surface area contributed by atoms with Crippen LogP contribution in [-0.4, -0.2) is 59.8 Å². The Morgan fingerprint density at radius 3 is 2.62 bits per heavy atom. The molecule has 1 aliphatic heterocycles. The lowest BCUT2D eigenvalue weighted by Gasteiger charge is -2.21. The lowest BCUT2D eigenvalue weighted by molar-refractivity contribution is 0.402. The van der Waals surface area contributed by atoms with Gasteiger partial charge in [0, 0.05) is 52.4 Å². The van der Waals surface area contributed by atoms with E-state index in [1.165, 1.54) is 16.7 Å². The topological polar surface area (TPSA) is 48.7 Å². The van der Waals surface area contributed by atoms with Gasteiger partial charge in [0.25, 0.3) is 0 Å². The van der Waals surface area contributed by atoms with Crippen LogP contribution >= 0.6 is 0 Å². The lowest BCUT2D eigenvalue weighted by Crippen LogP contribution is -2.39. The molecule has 1 saturated heterocycles. The van der Waals surface area contributed by atoms with Gasteiger partial charge in [-0.25, -0.2) is 0 Å². The third-order valence-corrected chi connectivity index (χ3v) is 4.87. The number of rotatable bonds is 5. The van der Waals surface area contributed by atoms with Crippen molar-refractivity contribution in [3.05, 3.63) is 53.3 Å². The molecule has 6 nitrogen and oxygen atoms in total. The molecule has 1 atom stereocenters. The summed E-state index contributed by atoms with van der Waals surface area (Å²) in [5.41, 5.74) is 3.93. The first-order valence-electron chi connectivity index (χ1n) is 9.22. The minimum Gasteiger partial charge on any atom is -0.352 e. The van der Waals surface area contributed by atoms with Crippen LogP contribution in [0.15, 0.2) is 41.7 Å². The van der Waals surface area contributed by atoms with Crippen molar-refractivity contribution >= 4 is 5.96 Å². The molecular weight excluding hydrogens is 324 g/mol. The molecule has 2 heterocycles. The van der Waals surface area contributed by atoms with Gasteiger partial charge in [0.2, 0.25) is 0 Å². The molecule has 0 spiro atoms. The number of nitrogens with zero attached hydrogens (tertiary/aromatic N) is 5. The number of aliphatic imine (C=N–C) groups is 1. The van der Waals surface area contributed by atoms with Gasteiger partial charge in [0.05, 0.1) is 6.20 Å². The first-order chi connectivity index (χ1) is 12.5. The van der Waals surface area contributed by atoms with Crippen molar-refractivity contribution < 1.29 is 0 Å². The Kier molecular flexibility index (Phi) is 5.93. The number of guanidine groups is 1. The molecule has 1 aliphatic rings. The molecule has 2 aromatic rings. The number of hydrogen-bond acceptors (Lipinski definition) is 3. The average molecular weight is 355 g/mol. The van der Waals surface area contributed by atoms with E-state index >= 15 is 0 Å². The molecule has 1 N–H and O–H groups in total. The molecule has 3 rings (SSSR count). The molecule has 0 aliphatic carbocycles. The third kappa shape index (κ3) is 4.64. The third-order valence-electron chi connectivity index (χ3n) is 4.87. The summed E-state index contributed by atoms with van der Waals surface area (Å²) in [5.74, 6) is 1.52. The highest BCUT2D eigenvalue weighted by Gasteiger charge is 2.26. The molecule has 1 fully saturated rings. The van der Waals surface area contributed by atoms with Crippen molar-refractivity contribution in [1.82, 2.24) is 24.9 Å². The maximum atomic E-state index is 4.48. The second-order valence-corrected chi connectivity index (χ2v) is 7.33. The van der Waals surface area contributed by atoms with Gasteiger partial charge >= 0.3 is 0 Å². The predicted octanol–water partition coefficient (Wildman–Crippen LogP) is 2.05. The molecule has 26 heavy (non-hydrogen) atoms. The number of aromatic nitrogens is 2. The van der Waals surface area contributed by atoms with Crippen LogP contribution in [0.2, 0.25) is 0 Å². The fourth-order valence-corrected chi connectivity index (χ4v) is 3.52. The number of aryl methyl sites for hydroxylation is 1. The second kappa shape index (κ2) is 8.36. The van der Waals surface area contributed by atoms with Gasteiger partial charge in [0.15, 0.2) is 5.96 Å². The number of nitrogens with one attached hydrogen (secondary N) is 1. The largest absolute Gasteiger partial charge is 0.352 e. The van der Waals surface area contributed by atoms with Crippen molar-refractivity contribution in [2.45, 2.75) is 25.4 Å². The SMILES string of the molecule is CN=C(NCc1ccc(CN(C)C)cc1)N1CCC(c2cnn(C)c2)C1. The minimum atomic E-state index is 0.535. The van der Waals surface area contributed by atoms with Gasteiger partial charge in [-0.1, -0.05) is 24.3 Å². The Bertz CT molecular complexity index is 731. The summed E-state index contributed by atoms with van der Waals surface area (Å²) < 4.78 is 1.88. The Hall–Kier alpha value is -2.34. The fraction of sp³-hybridized carbons (Fsp3) is 0.500. The van der Waals surface area contributed by atoms with Crippen molar-refractivity contribution in [1.29, 1.82) is 0 Å². The number of benzene rings is 1. The molecule has 1 unspecified atom stereocenters. The van der Waals surface area contributed by atoms with Crippen molar-refractivity contribution in [3.8, 4) is 0 Å². The van der Waals surface area contributed by atoms with E-state index in [2.05, 4.69) is 69.8 Å². The Morgan fingerprint density at radius 1 is 1.27 bits per heavy atom. The van der Waals surface area contributed by atoms with Gasteiger partial charge in [-0.3, -0.25) is 9.67 Å². The van der Waals surface area contributed by atoms with Gasteiger partial charge in [-0.2, -0.15) is 5.10 Å². The van der Waals surface area contributed by atoms with E-state index in [1.54, 1.807) is 0 Å². The summed E-state index contributed by atoms with van der Waals surface area (Å²) in [6.45, 7) is 3.79. The highest BCUT2D eigenvalue weighted by Crippen LogP contribution is 2.26. The second-order valence-electron chi connectivity index (χ2n) is 7.33. The molecule has 1 aromatic heterocycles. The first kappa shape index (κ1) is 18.5. The van der Waals surface area contributed by atoms with Crippen LogP contribution in [0.4, 0.5) is 0 Å². The quantitative estimate of drug-likeness (QED) is 0.659. The normalized spacial score (nSPS) is 18.0. The monoisotopic (exact) mass is 354 g/mol. The number of hydrogen-bond donors (Lipinski definition) is 1. The molecule has 0 saturated carbocycles. The smallest absolute Gasteiger partial charge is 0.193 e. The summed E-state index contributed by atoms with van der Waals surface area (Å²) in [7, 11) is 8.02. The van der Waals surface area contributed by atoms with Crippen LogP contribution in [-0.2, 0) is 20.1 Å². The predicted molar refractivity (Wildman–Crippen MR) is 106 cm³/mol. The van der Waals surface area contributed by atoms with Crippen LogP contribution in [0.3, 0.4) is 0 Å². The summed E-state index contributed by atoms with van der Waals surface area (Å²) >= 11 is 0. The molecule has 1 aromatic carbocycles. The summed E-state index contributed by atoms with van der Waals surface area (Å²) in [4.78, 5) is 9.01. The highest BCUT2D eigenvalue weighted by atomic mass is 15.3. The average Bonchev–Trinajstić information content (AvgIpc) is 3.25. The van der Waals surface area contributed by atoms with Gasteiger partial charge in [0.1, 0.15) is 0 Å². The van der Waals surface area contributed by atoms with E-state index in [9.17, 15) is 0 Å². The zero-order valence-corrected chi connectivity index (χ0v) is 16.3. The molecule has 140 valence electrons. The number of likely N-dealkylation sites (tertiary alicyclic amines) is 1. The zero-order chi connectivity index (χ0) is 18.5. The van der Waals surface area contributed by atoms with E-state index in [-0.39, 0.29) is 0 Å². The fourth-order valence-electron chi connectivity index (χ4n) is 3.52. The van der Waals surface area contributed by atoms with Crippen molar-refractivity contribution in [2.24, 2.45) is 12.0 Å². The van der Waals surface area contributed by atoms with Gasteiger partial charge in [-0.15, -0.1) is 0 Å². The van der Waals surface area contributed by atoms with Gasteiger partial charge < -0.3 is 15.1 Å². The maximum absolute atomic E-state index is 4.48. The van der Waals surface area contributed by atoms with Crippen molar-refractivity contribution in [3.63, 3.8) is 0 Å². The Balaban J connectivity index is 1.53. The summed E-state index contributed by atoms with van der Waals surface area (Å²) in [5, 5.41) is 7.81. The van der Waals surface area contributed by atoms with Crippen LogP contribution in [0, 0.1) is 0 Å². The van der Waals surface area contributed by atoms with Crippen LogP contribution in [0.25, 0.3) is 0 Å². The van der Waals surface area contributed by atoms with E-state index in [0.717, 1.165) is 38.6 Å². The van der Waals surface area contributed by atoms with Crippen LogP contribution in [0.5, 0.6) is 0 Å². The van der Waals surface area contributed by atoms with E-state index in [0.29, 0.717) is 5.92 Å². The van der Waals surface area contributed by atoms with Crippen molar-refractivity contribution in [2.75, 3.05) is 34.2 Å². The maximum Gasteiger partial charge on any atom is 0.193 e. The molecular formula is C20H30N6. The van der Waals surface area contributed by atoms with Crippen LogP contribution < -0.4 is 5.32 Å². The highest BCUT2D eigenvalue weighted by molar-refractivity contribution is 5.80. The zero-order valence-electron chi connectivity index (χ0n) is 16.3. The van der Waals surface area contributed by atoms with Gasteiger partial charge in [-0.05, 0) is 37.2 Å². The lowest BCUT2D eigenvalue weighted by atomic mass is 10.0. The molecule has 0 bridgehead atoms. The van der Waals surface area contributed by atoms with E-state index < -0.39 is 0 Å². The molecule has 0 radical (unpaired) electrons.